The minimum Gasteiger partial charge on any atom is -0.346 e. The van der Waals surface area contributed by atoms with Gasteiger partial charge in [-0.1, -0.05) is 20.8 Å². The molecule has 0 aromatic rings. The molecule has 3 heteroatoms. The van der Waals surface area contributed by atoms with Crippen molar-refractivity contribution in [2.24, 2.45) is 0 Å². The van der Waals surface area contributed by atoms with Crippen LogP contribution in [-0.4, -0.2) is 39.6 Å². The van der Waals surface area contributed by atoms with E-state index in [2.05, 4.69) is 20.8 Å². The van der Waals surface area contributed by atoms with Gasteiger partial charge in [0, 0.05) is 0 Å². The highest BCUT2D eigenvalue weighted by Gasteiger charge is 1.79. The van der Waals surface area contributed by atoms with Gasteiger partial charge in [-0.05, 0) is 0 Å². The molecule has 0 aliphatic heterocycles. The molecule has 0 nitrogen and oxygen atoms in total. The number of hydrogen-bond donors (Lipinski definition) is 0. The Kier molecular flexibility index (Phi) is 24.5. The molecule has 0 aliphatic carbocycles. The number of halogens is 1. The summed E-state index contributed by atoms with van der Waals surface area (Å²) in [7, 11) is 5.32. The van der Waals surface area contributed by atoms with Crippen LogP contribution >= 0.6 is 9.07 Å². The Bertz CT molecular complexity index is 30.2. The third-order valence-electron chi connectivity index (χ3n) is 0.896. The normalized spacial score (nSPS) is 6.22. The van der Waals surface area contributed by atoms with Crippen molar-refractivity contribution in [3.63, 3.8) is 0 Å². The van der Waals surface area contributed by atoms with Crippen molar-refractivity contribution in [3.05, 3.63) is 0 Å². The van der Waals surface area contributed by atoms with Crippen LogP contribution in [0.1, 0.15) is 20.8 Å². The zero-order chi connectivity index (χ0) is 7.54. The Morgan fingerprint density at radius 3 is 1.33 bits per heavy atom. The van der Waals surface area contributed by atoms with E-state index in [1.807, 2.05) is 0 Å². The van der Waals surface area contributed by atoms with E-state index in [0.29, 0.717) is 20.4 Å². The van der Waals surface area contributed by atoms with Crippen molar-refractivity contribution < 1.29 is 0 Å². The van der Waals surface area contributed by atoms with Crippen LogP contribution in [-0.2, 0) is 0 Å². The van der Waals surface area contributed by atoms with E-state index in [9.17, 15) is 0 Å². The molecule has 0 saturated carbocycles. The summed E-state index contributed by atoms with van der Waals surface area (Å²) < 4.78 is 4.19. The smallest absolute Gasteiger partial charge is 0.346 e. The molecule has 0 saturated heterocycles. The third kappa shape index (κ3) is 25.8. The average Bonchev–Trinajstić information content (AvgIpc) is 1.91. The maximum atomic E-state index is 5.32. The van der Waals surface area contributed by atoms with Gasteiger partial charge in [0.2, 0.25) is 0 Å². The van der Waals surface area contributed by atoms with Crippen molar-refractivity contribution in [1.82, 2.24) is 0 Å². The first-order valence-electron chi connectivity index (χ1n) is 3.89. The molecule has 0 unspecified atom stereocenters. The lowest BCUT2D eigenvalue weighted by Gasteiger charge is -1.72. The van der Waals surface area contributed by atoms with E-state index in [1.165, 1.54) is 13.7 Å². The standard InChI is InChI=1S/3C2H5.ClH.2Mg/c3*1-2;;;/h3*1H2,2H3;1H;;/q;;;;;+1/p-1. The van der Waals surface area contributed by atoms with E-state index >= 15 is 0 Å². The molecule has 0 spiro atoms. The molecule has 0 rings (SSSR count). The van der Waals surface area contributed by atoms with Crippen molar-refractivity contribution >= 4 is 48.7 Å². The summed E-state index contributed by atoms with van der Waals surface area (Å²) >= 11 is 0.329. The molecule has 0 N–H and O–H groups in total. The van der Waals surface area contributed by atoms with Crippen LogP contribution in [0, 0.1) is 0 Å². The van der Waals surface area contributed by atoms with Gasteiger partial charge in [-0.2, -0.15) is 0 Å². The fourth-order valence-corrected chi connectivity index (χ4v) is 1.06. The van der Waals surface area contributed by atoms with E-state index < -0.39 is 0 Å². The third-order valence-corrected chi connectivity index (χ3v) is 3.82. The summed E-state index contributed by atoms with van der Waals surface area (Å²) in [5, 5.41) is 0. The molecule has 0 aromatic heterocycles. The molecule has 0 amide bonds. The van der Waals surface area contributed by atoms with Crippen LogP contribution in [0.25, 0.3) is 0 Å². The summed E-state index contributed by atoms with van der Waals surface area (Å²) in [5.74, 6) is 0. The van der Waals surface area contributed by atoms with Gasteiger partial charge in [0.25, 0.3) is 0 Å². The Morgan fingerprint density at radius 2 is 1.33 bits per heavy atom. The molecular formula is C6H15ClMg2. The maximum absolute atomic E-state index is 5.32. The summed E-state index contributed by atoms with van der Waals surface area (Å²) in [6.07, 6.45) is 0. The fraction of sp³-hybridized carbons (Fsp3) is 1.00. The van der Waals surface area contributed by atoms with Gasteiger partial charge in [0.15, 0.2) is 0 Å². The van der Waals surface area contributed by atoms with Gasteiger partial charge in [-0.15, -0.1) is 13.7 Å². The summed E-state index contributed by atoms with van der Waals surface area (Å²) in [5.41, 5.74) is 0. The van der Waals surface area contributed by atoms with E-state index in [0.717, 1.165) is 0 Å². The van der Waals surface area contributed by atoms with Crippen LogP contribution in [0.15, 0.2) is 0 Å². The highest BCUT2D eigenvalue weighted by molar-refractivity contribution is 6.93. The van der Waals surface area contributed by atoms with Crippen molar-refractivity contribution in [2.75, 3.05) is 0 Å². The second kappa shape index (κ2) is 16.4. The first-order valence-corrected chi connectivity index (χ1v) is 9.03. The Balaban J connectivity index is 0. The highest BCUT2D eigenvalue weighted by atomic mass is 35.5. The van der Waals surface area contributed by atoms with Gasteiger partial charge in [0.1, 0.15) is 0 Å². The monoisotopic (exact) mass is 170 g/mol. The molecule has 0 radical (unpaired) electrons. The summed E-state index contributed by atoms with van der Waals surface area (Å²) in [6.45, 7) is 6.66. The largest absolute Gasteiger partial charge is 0.500 e. The molecule has 0 aromatic carbocycles. The molecule has 0 heterocycles. The first kappa shape index (κ1) is 13.4. The second-order valence-corrected chi connectivity index (χ2v) is 7.26. The Morgan fingerprint density at radius 1 is 1.00 bits per heavy atom. The summed E-state index contributed by atoms with van der Waals surface area (Å²) in [6, 6.07) is 0. The number of rotatable bonds is 3. The quantitative estimate of drug-likeness (QED) is 0.573. The molecule has 50 valence electrons. The predicted molar refractivity (Wildman–Crippen MR) is 48.8 cm³/mol. The van der Waals surface area contributed by atoms with Crippen LogP contribution in [0.4, 0.5) is 0 Å². The minimum atomic E-state index is -0.103. The predicted octanol–water partition coefficient (Wildman–Crippen LogP) is 2.85. The van der Waals surface area contributed by atoms with Crippen molar-refractivity contribution in [2.45, 2.75) is 34.4 Å². The van der Waals surface area contributed by atoms with Crippen LogP contribution < -0.4 is 0 Å². The summed E-state index contributed by atoms with van der Waals surface area (Å²) in [4.78, 5) is 0. The van der Waals surface area contributed by atoms with Gasteiger partial charge < -0.3 is 9.07 Å². The highest BCUT2D eigenvalue weighted by Crippen LogP contribution is 1.77. The van der Waals surface area contributed by atoms with Crippen molar-refractivity contribution in [1.29, 1.82) is 0 Å². The Labute approximate surface area is 82.3 Å². The lowest BCUT2D eigenvalue weighted by molar-refractivity contribution is 1.36. The lowest BCUT2D eigenvalue weighted by atomic mass is 10.9. The zero-order valence-corrected chi connectivity index (χ0v) is 10.5. The van der Waals surface area contributed by atoms with E-state index in [4.69, 9.17) is 9.07 Å². The molecule has 0 atom stereocenters. The van der Waals surface area contributed by atoms with Gasteiger partial charge in [-0.3, -0.25) is 0 Å². The SMILES string of the molecule is C[CH2][Mg][CH2]C.C[CH2][Mg][Cl]. The number of hydrogen-bond acceptors (Lipinski definition) is 0. The van der Waals surface area contributed by atoms with Crippen LogP contribution in [0.2, 0.25) is 13.7 Å². The van der Waals surface area contributed by atoms with E-state index in [-0.39, 0.29) is 19.3 Å². The maximum Gasteiger partial charge on any atom is 0.500 e. The lowest BCUT2D eigenvalue weighted by Crippen LogP contribution is -1.76. The molecule has 0 fully saturated rings. The second-order valence-electron chi connectivity index (χ2n) is 2.04. The molecule has 0 bridgehead atoms. The van der Waals surface area contributed by atoms with Gasteiger partial charge >= 0.3 is 39.6 Å². The van der Waals surface area contributed by atoms with E-state index in [1.54, 1.807) is 0 Å². The van der Waals surface area contributed by atoms with Crippen LogP contribution in [0.3, 0.4) is 0 Å². The van der Waals surface area contributed by atoms with Gasteiger partial charge in [-0.25, -0.2) is 0 Å². The molecule has 0 aliphatic rings. The minimum absolute atomic E-state index is 0.103. The van der Waals surface area contributed by atoms with Gasteiger partial charge in [0.05, 0.1) is 0 Å². The topological polar surface area (TPSA) is 0 Å². The zero-order valence-electron chi connectivity index (χ0n) is 6.91. The first-order chi connectivity index (χ1) is 4.33. The average molecular weight is 171 g/mol. The van der Waals surface area contributed by atoms with Crippen LogP contribution in [0.5, 0.6) is 0 Å². The fourth-order valence-electron chi connectivity index (χ4n) is 0.354. The van der Waals surface area contributed by atoms with Crippen molar-refractivity contribution in [3.8, 4) is 0 Å². The molecular weight excluding hydrogens is 156 g/mol. The Hall–Kier alpha value is 1.82. The molecule has 9 heavy (non-hydrogen) atoms.